The van der Waals surface area contributed by atoms with Crippen LogP contribution in [0.3, 0.4) is 0 Å². The third kappa shape index (κ3) is 4.85. The number of halogens is 1. The molecule has 1 unspecified atom stereocenters. The standard InChI is InChI=1S/C25H28FN3O4/c1-15-14-29(9-10-32-15)23-13-22(30)21-12-17(25(31)28(3)4)11-20(24(21)33-23)16(2)27-19-7-5-18(26)6-8-19/h5-8,11-13,15-16,27H,9-10,14H2,1-4H3/t15-,16?/m1/s1. The molecule has 0 radical (unpaired) electrons. The third-order valence-corrected chi connectivity index (χ3v) is 5.74. The van der Waals surface area contributed by atoms with E-state index in [1.165, 1.54) is 23.1 Å². The highest BCUT2D eigenvalue weighted by Crippen LogP contribution is 2.31. The Labute approximate surface area is 191 Å². The van der Waals surface area contributed by atoms with Crippen molar-refractivity contribution in [1.29, 1.82) is 0 Å². The van der Waals surface area contributed by atoms with E-state index >= 15 is 0 Å². The van der Waals surface area contributed by atoms with Crippen molar-refractivity contribution in [3.8, 4) is 0 Å². The molecular weight excluding hydrogens is 425 g/mol. The highest BCUT2D eigenvalue weighted by molar-refractivity contribution is 5.98. The quantitative estimate of drug-likeness (QED) is 0.629. The number of anilines is 2. The van der Waals surface area contributed by atoms with Crippen LogP contribution in [-0.4, -0.2) is 50.7 Å². The lowest BCUT2D eigenvalue weighted by Crippen LogP contribution is -2.41. The molecule has 4 rings (SSSR count). The Kier molecular flexibility index (Phi) is 6.37. The number of rotatable bonds is 5. The van der Waals surface area contributed by atoms with E-state index in [-0.39, 0.29) is 29.3 Å². The maximum absolute atomic E-state index is 13.3. The largest absolute Gasteiger partial charge is 0.440 e. The number of hydrogen-bond acceptors (Lipinski definition) is 6. The summed E-state index contributed by atoms with van der Waals surface area (Å²) in [6.07, 6.45) is 0.0263. The van der Waals surface area contributed by atoms with Crippen molar-refractivity contribution in [3.05, 3.63) is 69.6 Å². The van der Waals surface area contributed by atoms with Crippen LogP contribution in [0.5, 0.6) is 0 Å². The molecule has 2 atom stereocenters. The van der Waals surface area contributed by atoms with E-state index in [0.717, 1.165) is 0 Å². The smallest absolute Gasteiger partial charge is 0.253 e. The molecule has 0 saturated carbocycles. The van der Waals surface area contributed by atoms with Crippen molar-refractivity contribution in [2.24, 2.45) is 0 Å². The molecule has 2 heterocycles. The van der Waals surface area contributed by atoms with Crippen molar-refractivity contribution in [3.63, 3.8) is 0 Å². The molecule has 0 aliphatic carbocycles. The van der Waals surface area contributed by atoms with Crippen LogP contribution in [0.15, 0.2) is 51.7 Å². The van der Waals surface area contributed by atoms with Gasteiger partial charge in [0.25, 0.3) is 5.91 Å². The minimum Gasteiger partial charge on any atom is -0.440 e. The zero-order valence-corrected chi connectivity index (χ0v) is 19.2. The number of ether oxygens (including phenoxy) is 1. The van der Waals surface area contributed by atoms with Gasteiger partial charge in [0, 0.05) is 50.1 Å². The second-order valence-corrected chi connectivity index (χ2v) is 8.59. The number of fused-ring (bicyclic) bond motifs is 1. The first-order valence-corrected chi connectivity index (χ1v) is 10.9. The van der Waals surface area contributed by atoms with Gasteiger partial charge in [-0.25, -0.2) is 4.39 Å². The number of morpholine rings is 1. The maximum atomic E-state index is 13.3. The van der Waals surface area contributed by atoms with Gasteiger partial charge in [0.1, 0.15) is 11.4 Å². The summed E-state index contributed by atoms with van der Waals surface area (Å²) in [6.45, 7) is 5.67. The second kappa shape index (κ2) is 9.23. The van der Waals surface area contributed by atoms with E-state index in [9.17, 15) is 14.0 Å². The molecule has 33 heavy (non-hydrogen) atoms. The highest BCUT2D eigenvalue weighted by Gasteiger charge is 2.23. The van der Waals surface area contributed by atoms with Gasteiger partial charge in [-0.1, -0.05) is 0 Å². The van der Waals surface area contributed by atoms with Gasteiger partial charge in [-0.2, -0.15) is 0 Å². The molecule has 0 bridgehead atoms. The number of nitrogens with zero attached hydrogens (tertiary/aromatic N) is 2. The molecule has 174 valence electrons. The summed E-state index contributed by atoms with van der Waals surface area (Å²) >= 11 is 0. The lowest BCUT2D eigenvalue weighted by molar-refractivity contribution is 0.0517. The topological polar surface area (TPSA) is 75.0 Å². The Morgan fingerprint density at radius 1 is 1.21 bits per heavy atom. The first-order chi connectivity index (χ1) is 15.7. The summed E-state index contributed by atoms with van der Waals surface area (Å²) in [6, 6.07) is 10.5. The summed E-state index contributed by atoms with van der Waals surface area (Å²) in [5.41, 5.74) is 1.99. The number of hydrogen-bond donors (Lipinski definition) is 1. The average Bonchev–Trinajstić information content (AvgIpc) is 2.79. The number of nitrogens with one attached hydrogen (secondary N) is 1. The van der Waals surface area contributed by atoms with Crippen molar-refractivity contribution >= 4 is 28.4 Å². The van der Waals surface area contributed by atoms with E-state index < -0.39 is 0 Å². The number of benzene rings is 2. The molecule has 1 fully saturated rings. The van der Waals surface area contributed by atoms with E-state index in [1.807, 2.05) is 18.7 Å². The highest BCUT2D eigenvalue weighted by atomic mass is 19.1. The van der Waals surface area contributed by atoms with Gasteiger partial charge in [-0.15, -0.1) is 0 Å². The predicted molar refractivity (Wildman–Crippen MR) is 127 cm³/mol. The van der Waals surface area contributed by atoms with Crippen molar-refractivity contribution in [2.45, 2.75) is 26.0 Å². The monoisotopic (exact) mass is 453 g/mol. The fourth-order valence-electron chi connectivity index (χ4n) is 4.02. The summed E-state index contributed by atoms with van der Waals surface area (Å²) < 4.78 is 25.2. The van der Waals surface area contributed by atoms with E-state index in [2.05, 4.69) is 5.32 Å². The Morgan fingerprint density at radius 3 is 2.61 bits per heavy atom. The Hall–Kier alpha value is -3.39. The fourth-order valence-corrected chi connectivity index (χ4v) is 4.02. The Bertz CT molecular complexity index is 1220. The van der Waals surface area contributed by atoms with Crippen LogP contribution < -0.4 is 15.6 Å². The van der Waals surface area contributed by atoms with Crippen LogP contribution in [0, 0.1) is 5.82 Å². The van der Waals surface area contributed by atoms with Gasteiger partial charge >= 0.3 is 0 Å². The van der Waals surface area contributed by atoms with Crippen LogP contribution in [0.25, 0.3) is 11.0 Å². The third-order valence-electron chi connectivity index (χ3n) is 5.74. The average molecular weight is 454 g/mol. The molecule has 2 aromatic carbocycles. The summed E-state index contributed by atoms with van der Waals surface area (Å²) in [5.74, 6) is -0.0604. The van der Waals surface area contributed by atoms with Crippen LogP contribution in [0.2, 0.25) is 0 Å². The lowest BCUT2D eigenvalue weighted by atomic mass is 10.00. The van der Waals surface area contributed by atoms with E-state index in [4.69, 9.17) is 9.15 Å². The minimum atomic E-state index is -0.326. The van der Waals surface area contributed by atoms with Crippen molar-refractivity contribution in [2.75, 3.05) is 44.0 Å². The van der Waals surface area contributed by atoms with Gasteiger partial charge in [0.05, 0.1) is 24.1 Å². The van der Waals surface area contributed by atoms with Crippen LogP contribution in [-0.2, 0) is 4.74 Å². The van der Waals surface area contributed by atoms with Gasteiger partial charge in [-0.05, 0) is 50.2 Å². The number of amides is 1. The molecule has 1 aliphatic heterocycles. The molecule has 1 aliphatic rings. The lowest BCUT2D eigenvalue weighted by Gasteiger charge is -2.31. The summed E-state index contributed by atoms with van der Waals surface area (Å²) in [4.78, 5) is 29.3. The summed E-state index contributed by atoms with van der Waals surface area (Å²) in [5, 5.41) is 3.65. The van der Waals surface area contributed by atoms with Gasteiger partial charge < -0.3 is 24.3 Å². The molecule has 1 amide bonds. The van der Waals surface area contributed by atoms with Crippen molar-refractivity contribution in [1.82, 2.24) is 4.90 Å². The zero-order chi connectivity index (χ0) is 23.7. The van der Waals surface area contributed by atoms with Crippen LogP contribution in [0.4, 0.5) is 16.0 Å². The number of carbonyl (C=O) groups is 1. The molecular formula is C25H28FN3O4. The van der Waals surface area contributed by atoms with Crippen LogP contribution in [0.1, 0.15) is 35.8 Å². The molecule has 8 heteroatoms. The maximum Gasteiger partial charge on any atom is 0.253 e. The normalized spacial score (nSPS) is 17.1. The minimum absolute atomic E-state index is 0.0263. The SMILES string of the molecule is CC(Nc1ccc(F)cc1)c1cc(C(=O)N(C)C)cc2c(=O)cc(N3CCO[C@H](C)C3)oc12. The van der Waals surface area contributed by atoms with E-state index in [0.29, 0.717) is 53.4 Å². The molecule has 1 N–H and O–H groups in total. The molecule has 1 saturated heterocycles. The van der Waals surface area contributed by atoms with Gasteiger partial charge in [-0.3, -0.25) is 9.59 Å². The van der Waals surface area contributed by atoms with Crippen molar-refractivity contribution < 1.29 is 18.3 Å². The molecule has 0 spiro atoms. The molecule has 3 aromatic rings. The molecule has 7 nitrogen and oxygen atoms in total. The Balaban J connectivity index is 1.83. The Morgan fingerprint density at radius 2 is 1.94 bits per heavy atom. The first-order valence-electron chi connectivity index (χ1n) is 10.9. The first kappa shape index (κ1) is 22.8. The summed E-state index contributed by atoms with van der Waals surface area (Å²) in [7, 11) is 3.33. The van der Waals surface area contributed by atoms with E-state index in [1.54, 1.807) is 38.4 Å². The zero-order valence-electron chi connectivity index (χ0n) is 19.2. The molecule has 1 aromatic heterocycles. The van der Waals surface area contributed by atoms with Gasteiger partial charge in [0.2, 0.25) is 0 Å². The second-order valence-electron chi connectivity index (χ2n) is 8.59. The number of carbonyl (C=O) groups excluding carboxylic acids is 1. The predicted octanol–water partition coefficient (Wildman–Crippen LogP) is 4.03. The van der Waals surface area contributed by atoms with Gasteiger partial charge in [0.15, 0.2) is 11.3 Å². The van der Waals surface area contributed by atoms with Crippen LogP contribution >= 0.6 is 0 Å². The fraction of sp³-hybridized carbons (Fsp3) is 0.360.